The maximum atomic E-state index is 13.4. The summed E-state index contributed by atoms with van der Waals surface area (Å²) in [5.41, 5.74) is 0.714. The molecule has 0 radical (unpaired) electrons. The molecule has 30 heavy (non-hydrogen) atoms. The second-order valence-electron chi connectivity index (χ2n) is 8.54. The van der Waals surface area contributed by atoms with Gasteiger partial charge in [0, 0.05) is 36.6 Å². The molecule has 160 valence electrons. The van der Waals surface area contributed by atoms with Gasteiger partial charge in [-0.05, 0) is 55.4 Å². The van der Waals surface area contributed by atoms with E-state index >= 15 is 0 Å². The van der Waals surface area contributed by atoms with Crippen molar-refractivity contribution < 1.29 is 8.78 Å². The van der Waals surface area contributed by atoms with E-state index in [0.29, 0.717) is 23.9 Å². The van der Waals surface area contributed by atoms with Crippen LogP contribution >= 0.6 is 11.3 Å². The molecule has 3 heterocycles. The summed E-state index contributed by atoms with van der Waals surface area (Å²) in [7, 11) is 0. The molecule has 1 aliphatic rings. The molecule has 1 aliphatic heterocycles. The minimum Gasteiger partial charge on any atom is -0.367 e. The Morgan fingerprint density at radius 3 is 2.53 bits per heavy atom. The Morgan fingerprint density at radius 1 is 1.10 bits per heavy atom. The predicted octanol–water partition coefficient (Wildman–Crippen LogP) is 5.29. The number of nitrogens with one attached hydrogen (secondary N) is 1. The molecular formula is C23H28F2N4S. The van der Waals surface area contributed by atoms with Crippen molar-refractivity contribution in [1.29, 1.82) is 0 Å². The van der Waals surface area contributed by atoms with Crippen LogP contribution in [0.3, 0.4) is 0 Å². The Hall–Kier alpha value is -2.12. The van der Waals surface area contributed by atoms with Gasteiger partial charge in [0.25, 0.3) is 0 Å². The Bertz CT molecular complexity index is 976. The summed E-state index contributed by atoms with van der Waals surface area (Å²) in [5, 5.41) is 4.75. The average molecular weight is 431 g/mol. The maximum Gasteiger partial charge on any atom is 0.138 e. The molecule has 3 aromatic rings. The van der Waals surface area contributed by atoms with Crippen molar-refractivity contribution in [2.75, 3.05) is 25.0 Å². The summed E-state index contributed by atoms with van der Waals surface area (Å²) in [4.78, 5) is 13.7. The standard InChI is InChI=1S/C23H28F2N4S/c1-15(2)9-20-13-21-22(26-14-27-23(21)30-20)28-19-4-7-29(8-5-19)6-3-16-10-17(24)12-18(25)11-16/h10-15,19H,3-9H2,1-2H3,(H,26,27,28). The van der Waals surface area contributed by atoms with Crippen molar-refractivity contribution in [2.45, 2.75) is 45.6 Å². The highest BCUT2D eigenvalue weighted by Gasteiger charge is 2.20. The summed E-state index contributed by atoms with van der Waals surface area (Å²) >= 11 is 1.76. The molecule has 0 amide bonds. The van der Waals surface area contributed by atoms with E-state index in [0.717, 1.165) is 61.0 Å². The van der Waals surface area contributed by atoms with Gasteiger partial charge in [-0.3, -0.25) is 0 Å². The molecule has 4 nitrogen and oxygen atoms in total. The molecular weight excluding hydrogens is 402 g/mol. The van der Waals surface area contributed by atoms with Crippen LogP contribution in [0.15, 0.2) is 30.6 Å². The van der Waals surface area contributed by atoms with E-state index in [9.17, 15) is 8.78 Å². The summed E-state index contributed by atoms with van der Waals surface area (Å²) in [5.74, 6) is 0.540. The van der Waals surface area contributed by atoms with Crippen LogP contribution < -0.4 is 5.32 Å². The maximum absolute atomic E-state index is 13.4. The SMILES string of the molecule is CC(C)Cc1cc2c(NC3CCN(CCc4cc(F)cc(F)c4)CC3)ncnc2s1. The summed E-state index contributed by atoms with van der Waals surface area (Å²) < 4.78 is 26.7. The first kappa shape index (κ1) is 21.1. The summed E-state index contributed by atoms with van der Waals surface area (Å²) in [6.45, 7) is 7.20. The number of aromatic nitrogens is 2. The van der Waals surface area contributed by atoms with Crippen LogP contribution in [0.4, 0.5) is 14.6 Å². The Labute approximate surface area is 180 Å². The van der Waals surface area contributed by atoms with Crippen molar-refractivity contribution in [1.82, 2.24) is 14.9 Å². The van der Waals surface area contributed by atoms with Gasteiger partial charge in [0.1, 0.15) is 28.6 Å². The molecule has 4 rings (SSSR count). The Morgan fingerprint density at radius 2 is 1.83 bits per heavy atom. The van der Waals surface area contributed by atoms with Crippen molar-refractivity contribution in [3.05, 3.63) is 52.7 Å². The third kappa shape index (κ3) is 5.32. The normalized spacial score (nSPS) is 15.9. The molecule has 1 saturated heterocycles. The topological polar surface area (TPSA) is 41.0 Å². The van der Waals surface area contributed by atoms with Crippen LogP contribution in [-0.4, -0.2) is 40.5 Å². The van der Waals surface area contributed by atoms with E-state index in [1.807, 2.05) is 0 Å². The van der Waals surface area contributed by atoms with Crippen molar-refractivity contribution in [3.8, 4) is 0 Å². The van der Waals surface area contributed by atoms with Gasteiger partial charge in [0.2, 0.25) is 0 Å². The number of benzene rings is 1. The van der Waals surface area contributed by atoms with E-state index in [1.54, 1.807) is 17.7 Å². The van der Waals surface area contributed by atoms with Crippen LogP contribution in [0.2, 0.25) is 0 Å². The number of anilines is 1. The second-order valence-corrected chi connectivity index (χ2v) is 9.65. The highest BCUT2D eigenvalue weighted by Crippen LogP contribution is 2.30. The van der Waals surface area contributed by atoms with Crippen LogP contribution in [0.5, 0.6) is 0 Å². The minimum absolute atomic E-state index is 0.374. The van der Waals surface area contributed by atoms with Gasteiger partial charge in [0.15, 0.2) is 0 Å². The highest BCUT2D eigenvalue weighted by atomic mass is 32.1. The lowest BCUT2D eigenvalue weighted by Crippen LogP contribution is -2.40. The highest BCUT2D eigenvalue weighted by molar-refractivity contribution is 7.18. The van der Waals surface area contributed by atoms with Crippen LogP contribution in [0.1, 0.15) is 37.1 Å². The Balaban J connectivity index is 1.32. The van der Waals surface area contributed by atoms with E-state index in [-0.39, 0.29) is 0 Å². The van der Waals surface area contributed by atoms with E-state index in [4.69, 9.17) is 0 Å². The molecule has 0 aliphatic carbocycles. The van der Waals surface area contributed by atoms with Gasteiger partial charge < -0.3 is 10.2 Å². The smallest absolute Gasteiger partial charge is 0.138 e. The monoisotopic (exact) mass is 430 g/mol. The zero-order valence-electron chi connectivity index (χ0n) is 17.5. The number of piperidine rings is 1. The zero-order chi connectivity index (χ0) is 21.1. The minimum atomic E-state index is -0.506. The first-order chi connectivity index (χ1) is 14.5. The van der Waals surface area contributed by atoms with Gasteiger partial charge in [-0.1, -0.05) is 13.8 Å². The van der Waals surface area contributed by atoms with Gasteiger partial charge in [-0.15, -0.1) is 11.3 Å². The van der Waals surface area contributed by atoms with Crippen LogP contribution in [-0.2, 0) is 12.8 Å². The fourth-order valence-corrected chi connectivity index (χ4v) is 5.27. The lowest BCUT2D eigenvalue weighted by atomic mass is 10.0. The molecule has 0 saturated carbocycles. The van der Waals surface area contributed by atoms with E-state index in [1.165, 1.54) is 17.0 Å². The quantitative estimate of drug-likeness (QED) is 0.553. The third-order valence-electron chi connectivity index (χ3n) is 5.56. The fraction of sp³-hybridized carbons (Fsp3) is 0.478. The van der Waals surface area contributed by atoms with Crippen molar-refractivity contribution in [3.63, 3.8) is 0 Å². The molecule has 0 spiro atoms. The molecule has 1 fully saturated rings. The number of hydrogen-bond donors (Lipinski definition) is 1. The largest absolute Gasteiger partial charge is 0.367 e. The van der Waals surface area contributed by atoms with Crippen LogP contribution in [0.25, 0.3) is 10.2 Å². The molecule has 7 heteroatoms. The Kier molecular flexibility index (Phi) is 6.58. The lowest BCUT2D eigenvalue weighted by molar-refractivity contribution is 0.221. The average Bonchev–Trinajstić information content (AvgIpc) is 3.09. The van der Waals surface area contributed by atoms with Gasteiger partial charge in [-0.2, -0.15) is 0 Å². The number of hydrogen-bond acceptors (Lipinski definition) is 5. The third-order valence-corrected chi connectivity index (χ3v) is 6.62. The van der Waals surface area contributed by atoms with Crippen LogP contribution in [0, 0.1) is 17.6 Å². The van der Waals surface area contributed by atoms with Crippen molar-refractivity contribution >= 4 is 27.4 Å². The number of fused-ring (bicyclic) bond motifs is 1. The molecule has 0 unspecified atom stereocenters. The summed E-state index contributed by atoms with van der Waals surface area (Å²) in [6, 6.07) is 6.37. The van der Waals surface area contributed by atoms with E-state index in [2.05, 4.69) is 40.1 Å². The van der Waals surface area contributed by atoms with Gasteiger partial charge in [-0.25, -0.2) is 18.7 Å². The number of rotatable bonds is 7. The van der Waals surface area contributed by atoms with Gasteiger partial charge >= 0.3 is 0 Å². The van der Waals surface area contributed by atoms with Crippen molar-refractivity contribution in [2.24, 2.45) is 5.92 Å². The zero-order valence-corrected chi connectivity index (χ0v) is 18.3. The summed E-state index contributed by atoms with van der Waals surface area (Å²) in [6.07, 6.45) is 5.41. The number of halogens is 2. The second kappa shape index (κ2) is 9.35. The van der Waals surface area contributed by atoms with Gasteiger partial charge in [0.05, 0.1) is 5.39 Å². The lowest BCUT2D eigenvalue weighted by Gasteiger charge is -2.32. The molecule has 0 bridgehead atoms. The first-order valence-corrected chi connectivity index (χ1v) is 11.4. The molecule has 1 aromatic carbocycles. The molecule has 1 N–H and O–H groups in total. The van der Waals surface area contributed by atoms with E-state index < -0.39 is 11.6 Å². The fourth-order valence-electron chi connectivity index (χ4n) is 4.06. The predicted molar refractivity (Wildman–Crippen MR) is 119 cm³/mol. The molecule has 0 atom stereocenters. The number of thiophene rings is 1. The first-order valence-electron chi connectivity index (χ1n) is 10.6. The number of likely N-dealkylation sites (tertiary alicyclic amines) is 1. The molecule has 2 aromatic heterocycles. The number of nitrogens with zero attached hydrogens (tertiary/aromatic N) is 3.